The molecule has 2 aromatic heterocycles. The molecule has 0 radical (unpaired) electrons. The zero-order valence-electron chi connectivity index (χ0n) is 12.0. The van der Waals surface area contributed by atoms with Crippen molar-refractivity contribution in [2.24, 2.45) is 0 Å². The second-order valence-electron chi connectivity index (χ2n) is 4.48. The minimum absolute atomic E-state index is 0.287. The van der Waals surface area contributed by atoms with Gasteiger partial charge in [0.25, 0.3) is 5.91 Å². The first-order chi connectivity index (χ1) is 10.0. The molecule has 0 saturated heterocycles. The molecule has 8 heteroatoms. The van der Waals surface area contributed by atoms with E-state index in [1.165, 1.54) is 24.8 Å². The van der Waals surface area contributed by atoms with E-state index in [0.717, 1.165) is 10.7 Å². The van der Waals surface area contributed by atoms with Crippen LogP contribution in [0.2, 0.25) is 0 Å². The lowest BCUT2D eigenvalue weighted by Crippen LogP contribution is -2.43. The highest BCUT2D eigenvalue weighted by Crippen LogP contribution is 2.17. The van der Waals surface area contributed by atoms with E-state index in [9.17, 15) is 9.59 Å². The highest BCUT2D eigenvalue weighted by atomic mass is 32.1. The van der Waals surface area contributed by atoms with Crippen molar-refractivity contribution < 1.29 is 14.3 Å². The van der Waals surface area contributed by atoms with Crippen LogP contribution in [0.5, 0.6) is 0 Å². The fraction of sp³-hybridized carbons (Fsp3) is 0.385. The number of imidazole rings is 1. The molecule has 21 heavy (non-hydrogen) atoms. The molecule has 2 N–H and O–H groups in total. The van der Waals surface area contributed by atoms with Crippen molar-refractivity contribution in [1.82, 2.24) is 20.3 Å². The summed E-state index contributed by atoms with van der Waals surface area (Å²) in [5, 5.41) is 3.49. The van der Waals surface area contributed by atoms with Crippen LogP contribution in [-0.4, -0.2) is 40.0 Å². The molecule has 7 nitrogen and oxygen atoms in total. The summed E-state index contributed by atoms with van der Waals surface area (Å²) in [5.41, 5.74) is 1.39. The molecule has 2 heterocycles. The second-order valence-corrected chi connectivity index (χ2v) is 5.68. The quantitative estimate of drug-likeness (QED) is 0.803. The Bertz CT molecular complexity index is 636. The lowest BCUT2D eigenvalue weighted by atomic mass is 10.1. The Balaban J connectivity index is 2.13. The Hall–Kier alpha value is -2.22. The highest BCUT2D eigenvalue weighted by Gasteiger charge is 2.25. The van der Waals surface area contributed by atoms with Gasteiger partial charge in [-0.2, -0.15) is 0 Å². The number of hydrogen-bond donors (Lipinski definition) is 2. The molecule has 0 saturated carbocycles. The number of methoxy groups -OCH3 is 1. The van der Waals surface area contributed by atoms with Gasteiger partial charge in [-0.15, -0.1) is 11.3 Å². The van der Waals surface area contributed by atoms with Gasteiger partial charge in [-0.1, -0.05) is 0 Å². The number of amides is 1. The third kappa shape index (κ3) is 3.66. The molecular formula is C13H16N4O3S. The van der Waals surface area contributed by atoms with E-state index in [4.69, 9.17) is 4.74 Å². The smallest absolute Gasteiger partial charge is 0.328 e. The number of aromatic nitrogens is 3. The molecule has 0 fully saturated rings. The minimum Gasteiger partial charge on any atom is -0.467 e. The molecular weight excluding hydrogens is 292 g/mol. The molecule has 0 aromatic carbocycles. The lowest BCUT2D eigenvalue weighted by molar-refractivity contribution is -0.142. The van der Waals surface area contributed by atoms with E-state index in [0.29, 0.717) is 10.6 Å². The highest BCUT2D eigenvalue weighted by molar-refractivity contribution is 7.13. The predicted octanol–water partition coefficient (Wildman–Crippen LogP) is 0.997. The summed E-state index contributed by atoms with van der Waals surface area (Å²) in [6.07, 6.45) is 3.40. The van der Waals surface area contributed by atoms with Gasteiger partial charge in [-0.05, 0) is 13.8 Å². The van der Waals surface area contributed by atoms with E-state index >= 15 is 0 Å². The van der Waals surface area contributed by atoms with Gasteiger partial charge >= 0.3 is 5.97 Å². The Morgan fingerprint density at radius 3 is 2.76 bits per heavy atom. The number of carbonyl (C=O) groups is 2. The van der Waals surface area contributed by atoms with Crippen LogP contribution in [0.15, 0.2) is 12.5 Å². The maximum atomic E-state index is 12.3. The number of aromatic amines is 1. The van der Waals surface area contributed by atoms with Crippen LogP contribution in [0, 0.1) is 13.8 Å². The van der Waals surface area contributed by atoms with Crippen molar-refractivity contribution in [1.29, 1.82) is 0 Å². The van der Waals surface area contributed by atoms with Crippen molar-refractivity contribution in [3.63, 3.8) is 0 Å². The molecule has 0 bridgehead atoms. The Kier molecular flexibility index (Phi) is 4.69. The van der Waals surface area contributed by atoms with Gasteiger partial charge in [-0.3, -0.25) is 4.79 Å². The predicted molar refractivity (Wildman–Crippen MR) is 77.1 cm³/mol. The lowest BCUT2D eigenvalue weighted by Gasteiger charge is -2.15. The second kappa shape index (κ2) is 6.49. The van der Waals surface area contributed by atoms with Crippen LogP contribution >= 0.6 is 11.3 Å². The largest absolute Gasteiger partial charge is 0.467 e. The van der Waals surface area contributed by atoms with E-state index in [2.05, 4.69) is 20.3 Å². The molecule has 1 atom stereocenters. The first-order valence-electron chi connectivity index (χ1n) is 6.31. The number of rotatable bonds is 5. The fourth-order valence-electron chi connectivity index (χ4n) is 1.92. The zero-order chi connectivity index (χ0) is 15.4. The number of aryl methyl sites for hydroxylation is 2. The third-order valence-corrected chi connectivity index (χ3v) is 3.95. The molecule has 1 amide bonds. The van der Waals surface area contributed by atoms with Crippen LogP contribution in [0.4, 0.5) is 0 Å². The summed E-state index contributed by atoms with van der Waals surface area (Å²) in [5.74, 6) is -0.829. The third-order valence-electron chi connectivity index (χ3n) is 2.88. The topological polar surface area (TPSA) is 97.0 Å². The van der Waals surface area contributed by atoms with E-state index in [1.54, 1.807) is 13.1 Å². The van der Waals surface area contributed by atoms with Gasteiger partial charge < -0.3 is 15.0 Å². The number of hydrogen-bond acceptors (Lipinski definition) is 6. The molecule has 2 aromatic rings. The number of nitrogens with one attached hydrogen (secondary N) is 2. The normalized spacial score (nSPS) is 12.0. The Morgan fingerprint density at radius 1 is 1.48 bits per heavy atom. The number of nitrogens with zero attached hydrogens (tertiary/aromatic N) is 2. The van der Waals surface area contributed by atoms with Crippen LogP contribution in [0.3, 0.4) is 0 Å². The SMILES string of the molecule is COC(=O)[C@H](Cc1cnc[nH]1)NC(=O)c1sc(C)nc1C. The number of carbonyl (C=O) groups excluding carboxylic acids is 2. The van der Waals surface area contributed by atoms with Crippen molar-refractivity contribution in [3.8, 4) is 0 Å². The first kappa shape index (κ1) is 15.2. The van der Waals surface area contributed by atoms with E-state index in [-0.39, 0.29) is 12.3 Å². The van der Waals surface area contributed by atoms with Crippen LogP contribution in [0.1, 0.15) is 26.1 Å². The molecule has 0 aliphatic carbocycles. The summed E-state index contributed by atoms with van der Waals surface area (Å²) in [6.45, 7) is 3.59. The van der Waals surface area contributed by atoms with Crippen molar-refractivity contribution >= 4 is 23.2 Å². The first-order valence-corrected chi connectivity index (χ1v) is 7.13. The summed E-state index contributed by atoms with van der Waals surface area (Å²) in [7, 11) is 1.29. The van der Waals surface area contributed by atoms with Gasteiger partial charge in [0.15, 0.2) is 0 Å². The minimum atomic E-state index is -0.773. The molecule has 0 unspecified atom stereocenters. The summed E-state index contributed by atoms with van der Waals surface area (Å²) >= 11 is 1.30. The van der Waals surface area contributed by atoms with Crippen molar-refractivity contribution in [2.45, 2.75) is 26.3 Å². The van der Waals surface area contributed by atoms with Gasteiger partial charge in [0, 0.05) is 18.3 Å². The molecule has 0 aliphatic heterocycles. The van der Waals surface area contributed by atoms with Gasteiger partial charge in [0.05, 0.1) is 24.1 Å². The van der Waals surface area contributed by atoms with Gasteiger partial charge in [0.1, 0.15) is 10.9 Å². The monoisotopic (exact) mass is 308 g/mol. The Labute approximate surface area is 125 Å². The molecule has 2 rings (SSSR count). The average Bonchev–Trinajstić information content (AvgIpc) is 3.06. The zero-order valence-corrected chi connectivity index (χ0v) is 12.8. The van der Waals surface area contributed by atoms with Crippen molar-refractivity contribution in [2.75, 3.05) is 7.11 Å². The van der Waals surface area contributed by atoms with Gasteiger partial charge in [-0.25, -0.2) is 14.8 Å². The standard InChI is InChI=1S/C13H16N4O3S/c1-7-11(21-8(2)16-7)12(18)17-10(13(19)20-3)4-9-5-14-6-15-9/h5-6,10H,4H2,1-3H3,(H,14,15)(H,17,18)/t10-/m0/s1. The van der Waals surface area contributed by atoms with E-state index in [1.807, 2.05) is 6.92 Å². The maximum Gasteiger partial charge on any atom is 0.328 e. The number of H-pyrrole nitrogens is 1. The van der Waals surface area contributed by atoms with Crippen LogP contribution in [0.25, 0.3) is 0 Å². The molecule has 0 aliphatic rings. The van der Waals surface area contributed by atoms with E-state index < -0.39 is 12.0 Å². The fourth-order valence-corrected chi connectivity index (χ4v) is 2.74. The average molecular weight is 308 g/mol. The van der Waals surface area contributed by atoms with Crippen LogP contribution < -0.4 is 5.32 Å². The number of ether oxygens (including phenoxy) is 1. The van der Waals surface area contributed by atoms with Gasteiger partial charge in [0.2, 0.25) is 0 Å². The number of thiazole rings is 1. The molecule has 112 valence electrons. The maximum absolute atomic E-state index is 12.3. The molecule has 0 spiro atoms. The number of esters is 1. The summed E-state index contributed by atoms with van der Waals surface area (Å²) in [4.78, 5) is 35.6. The Morgan fingerprint density at radius 2 is 2.24 bits per heavy atom. The summed E-state index contributed by atoms with van der Waals surface area (Å²) in [6, 6.07) is -0.773. The summed E-state index contributed by atoms with van der Waals surface area (Å²) < 4.78 is 4.73. The van der Waals surface area contributed by atoms with Crippen LogP contribution in [-0.2, 0) is 16.0 Å². The van der Waals surface area contributed by atoms with Crippen molar-refractivity contribution in [3.05, 3.63) is 33.8 Å².